The van der Waals surface area contributed by atoms with Crippen LogP contribution in [0.5, 0.6) is 5.75 Å². The maximum atomic E-state index is 13.2. The summed E-state index contributed by atoms with van der Waals surface area (Å²) >= 11 is -1.26. The highest BCUT2D eigenvalue weighted by atomic mass is 32.2. The number of carbonyl (C=O) groups is 1. The fourth-order valence-corrected chi connectivity index (χ4v) is 4.28. The molecule has 0 aliphatic carbocycles. The molecule has 10 heteroatoms. The Morgan fingerprint density at radius 3 is 2.44 bits per heavy atom. The topological polar surface area (TPSA) is 99.6 Å². The highest BCUT2D eigenvalue weighted by Crippen LogP contribution is 2.21. The van der Waals surface area contributed by atoms with E-state index in [1.165, 1.54) is 0 Å². The molecule has 8 nitrogen and oxygen atoms in total. The van der Waals surface area contributed by atoms with Crippen LogP contribution in [0.2, 0.25) is 0 Å². The van der Waals surface area contributed by atoms with Gasteiger partial charge >= 0.3 is 6.09 Å². The second-order valence-electron chi connectivity index (χ2n) is 8.96. The fourth-order valence-electron chi connectivity index (χ4n) is 3.22. The van der Waals surface area contributed by atoms with E-state index in [-0.39, 0.29) is 18.7 Å². The Morgan fingerprint density at radius 2 is 1.85 bits per heavy atom. The molecule has 1 atom stereocenters. The summed E-state index contributed by atoms with van der Waals surface area (Å²) in [5, 5.41) is 2.49. The second-order valence-corrected chi connectivity index (χ2v) is 10.4. The summed E-state index contributed by atoms with van der Waals surface area (Å²) in [6.45, 7) is 7.11. The number of nitrogens with zero attached hydrogens (tertiary/aromatic N) is 3. The van der Waals surface area contributed by atoms with Gasteiger partial charge in [0, 0.05) is 43.2 Å². The van der Waals surface area contributed by atoms with Crippen molar-refractivity contribution in [2.45, 2.75) is 49.9 Å². The maximum absolute atomic E-state index is 13.2. The van der Waals surface area contributed by atoms with Crippen molar-refractivity contribution < 1.29 is 23.2 Å². The molecular formula is C24H31FN4O4S. The molecule has 34 heavy (non-hydrogen) atoms. The van der Waals surface area contributed by atoms with Crippen LogP contribution < -0.4 is 15.0 Å². The van der Waals surface area contributed by atoms with Crippen molar-refractivity contribution in [3.8, 4) is 5.75 Å². The molecule has 1 N–H and O–H groups in total. The van der Waals surface area contributed by atoms with Gasteiger partial charge in [-0.1, -0.05) is 0 Å². The average Bonchev–Trinajstić information content (AvgIpc) is 3.34. The normalized spacial score (nSPS) is 15.2. The Labute approximate surface area is 202 Å². The highest BCUT2D eigenvalue weighted by Gasteiger charge is 2.18. The van der Waals surface area contributed by atoms with Crippen molar-refractivity contribution in [1.29, 1.82) is 0 Å². The quantitative estimate of drug-likeness (QED) is 0.527. The number of anilines is 1. The molecule has 1 unspecified atom stereocenters. The molecule has 1 amide bonds. The van der Waals surface area contributed by atoms with Gasteiger partial charge in [0.25, 0.3) is 0 Å². The minimum atomic E-state index is -1.26. The fraction of sp³-hybridized carbons (Fsp3) is 0.458. The minimum absolute atomic E-state index is 0.0356. The zero-order valence-electron chi connectivity index (χ0n) is 19.8. The van der Waals surface area contributed by atoms with E-state index in [2.05, 4.69) is 20.2 Å². The van der Waals surface area contributed by atoms with Crippen LogP contribution in [-0.2, 0) is 21.7 Å². The Hall–Kier alpha value is -2.85. The van der Waals surface area contributed by atoms with E-state index in [1.54, 1.807) is 57.4 Å². The first-order valence-corrected chi connectivity index (χ1v) is 12.5. The zero-order chi connectivity index (χ0) is 24.6. The van der Waals surface area contributed by atoms with Crippen LogP contribution in [0, 0.1) is 0 Å². The van der Waals surface area contributed by atoms with Gasteiger partial charge in [0.2, 0.25) is 5.95 Å². The highest BCUT2D eigenvalue weighted by molar-refractivity contribution is 7.90. The SMILES string of the molecule is CC(C)(C)OC(=O)NC/C(=C\F)COc1ccc([S+]([O-])Cc2cnc(N3CCCC3)nc2)cc1. The summed E-state index contributed by atoms with van der Waals surface area (Å²) in [5.41, 5.74) is 0.416. The van der Waals surface area contributed by atoms with E-state index in [0.717, 1.165) is 37.4 Å². The summed E-state index contributed by atoms with van der Waals surface area (Å²) in [6, 6.07) is 6.78. The lowest BCUT2D eigenvalue weighted by molar-refractivity contribution is 0.0531. The lowest BCUT2D eigenvalue weighted by atomic mass is 10.2. The van der Waals surface area contributed by atoms with Crippen molar-refractivity contribution in [3.05, 3.63) is 54.1 Å². The largest absolute Gasteiger partial charge is 0.611 e. The number of rotatable bonds is 9. The van der Waals surface area contributed by atoms with Crippen molar-refractivity contribution >= 4 is 23.2 Å². The molecule has 1 fully saturated rings. The number of carbonyl (C=O) groups excluding carboxylic acids is 1. The van der Waals surface area contributed by atoms with Gasteiger partial charge in [0.1, 0.15) is 23.7 Å². The molecule has 0 bridgehead atoms. The number of halogens is 1. The van der Waals surface area contributed by atoms with Gasteiger partial charge in [0.15, 0.2) is 4.90 Å². The van der Waals surface area contributed by atoms with E-state index in [1.807, 2.05) is 0 Å². The number of hydrogen-bond acceptors (Lipinski definition) is 7. The smallest absolute Gasteiger partial charge is 0.407 e. The van der Waals surface area contributed by atoms with Crippen molar-refractivity contribution in [1.82, 2.24) is 15.3 Å². The summed E-state index contributed by atoms with van der Waals surface area (Å²) in [6.07, 6.45) is 5.54. The number of amides is 1. The van der Waals surface area contributed by atoms with Crippen LogP contribution in [0.3, 0.4) is 0 Å². The Morgan fingerprint density at radius 1 is 1.21 bits per heavy atom. The third kappa shape index (κ3) is 8.18. The van der Waals surface area contributed by atoms with Gasteiger partial charge in [0.05, 0.1) is 6.33 Å². The first-order valence-electron chi connectivity index (χ1n) is 11.2. The predicted molar refractivity (Wildman–Crippen MR) is 129 cm³/mol. The van der Waals surface area contributed by atoms with E-state index in [9.17, 15) is 13.7 Å². The Bertz CT molecular complexity index is 958. The molecule has 1 aromatic carbocycles. The van der Waals surface area contributed by atoms with Crippen LogP contribution in [-0.4, -0.2) is 52.5 Å². The average molecular weight is 491 g/mol. The van der Waals surface area contributed by atoms with E-state index in [0.29, 0.717) is 22.7 Å². The van der Waals surface area contributed by atoms with Crippen LogP contribution in [0.15, 0.2) is 53.5 Å². The van der Waals surface area contributed by atoms with Crippen molar-refractivity contribution in [2.24, 2.45) is 0 Å². The number of aromatic nitrogens is 2. The zero-order valence-corrected chi connectivity index (χ0v) is 20.6. The van der Waals surface area contributed by atoms with Crippen LogP contribution in [0.4, 0.5) is 15.1 Å². The van der Waals surface area contributed by atoms with Gasteiger partial charge in [-0.15, -0.1) is 0 Å². The van der Waals surface area contributed by atoms with Gasteiger partial charge in [-0.3, -0.25) is 0 Å². The molecule has 1 aromatic heterocycles. The maximum Gasteiger partial charge on any atom is 0.407 e. The summed E-state index contributed by atoms with van der Waals surface area (Å²) in [4.78, 5) is 23.3. The third-order valence-corrected chi connectivity index (χ3v) is 6.30. The molecule has 0 radical (unpaired) electrons. The predicted octanol–water partition coefficient (Wildman–Crippen LogP) is 4.14. The lowest BCUT2D eigenvalue weighted by Crippen LogP contribution is -2.34. The Kier molecular flexibility index (Phi) is 9.12. The second kappa shape index (κ2) is 12.0. The molecule has 1 aliphatic heterocycles. The van der Waals surface area contributed by atoms with Gasteiger partial charge in [-0.05, 0) is 69.1 Å². The molecule has 0 saturated carbocycles. The summed E-state index contributed by atoms with van der Waals surface area (Å²) in [5.74, 6) is 1.53. The van der Waals surface area contributed by atoms with E-state index < -0.39 is 22.9 Å². The summed E-state index contributed by atoms with van der Waals surface area (Å²) < 4.78 is 36.6. The summed E-state index contributed by atoms with van der Waals surface area (Å²) in [7, 11) is 0. The van der Waals surface area contributed by atoms with Crippen LogP contribution >= 0.6 is 0 Å². The van der Waals surface area contributed by atoms with Crippen LogP contribution in [0.1, 0.15) is 39.2 Å². The number of ether oxygens (including phenoxy) is 2. The molecular weight excluding hydrogens is 459 g/mol. The first-order chi connectivity index (χ1) is 16.2. The van der Waals surface area contributed by atoms with Crippen molar-refractivity contribution in [3.63, 3.8) is 0 Å². The molecule has 1 saturated heterocycles. The molecule has 184 valence electrons. The molecule has 2 heterocycles. The number of alkyl carbamates (subject to hydrolysis) is 1. The van der Waals surface area contributed by atoms with Crippen LogP contribution in [0.25, 0.3) is 0 Å². The van der Waals surface area contributed by atoms with Gasteiger partial charge in [-0.2, -0.15) is 0 Å². The minimum Gasteiger partial charge on any atom is -0.611 e. The standard InChI is InChI=1S/C24H31FN4O4S/c1-24(2,3)33-23(30)28-13-18(12-25)16-32-20-6-8-21(9-7-20)34(31)17-19-14-26-22(27-15-19)29-10-4-5-11-29/h6-9,12,14-15H,4-5,10-11,13,16-17H2,1-3H3,(H,28,30)/b18-12+. The number of nitrogens with one attached hydrogen (secondary N) is 1. The van der Waals surface area contributed by atoms with E-state index in [4.69, 9.17) is 9.47 Å². The van der Waals surface area contributed by atoms with Gasteiger partial charge in [-0.25, -0.2) is 19.2 Å². The molecule has 0 spiro atoms. The molecule has 3 rings (SSSR count). The third-order valence-electron chi connectivity index (χ3n) is 4.90. The van der Waals surface area contributed by atoms with Gasteiger partial charge < -0.3 is 24.2 Å². The van der Waals surface area contributed by atoms with E-state index >= 15 is 0 Å². The number of hydrogen-bond donors (Lipinski definition) is 1. The molecule has 2 aromatic rings. The molecule has 1 aliphatic rings. The Balaban J connectivity index is 1.45. The van der Waals surface area contributed by atoms with Crippen molar-refractivity contribution in [2.75, 3.05) is 31.1 Å². The first kappa shape index (κ1) is 25.8. The number of benzene rings is 1. The monoisotopic (exact) mass is 490 g/mol. The lowest BCUT2D eigenvalue weighted by Gasteiger charge is -2.20.